The van der Waals surface area contributed by atoms with Crippen molar-refractivity contribution in [3.05, 3.63) is 65.2 Å². The van der Waals surface area contributed by atoms with Crippen LogP contribution in [0.5, 0.6) is 0 Å². The summed E-state index contributed by atoms with van der Waals surface area (Å²) in [6.45, 7) is -0.706. The van der Waals surface area contributed by atoms with E-state index < -0.39 is 53.8 Å². The number of carbonyl (C=O) groups is 3. The number of halogens is 6. The van der Waals surface area contributed by atoms with Gasteiger partial charge in [0.1, 0.15) is 6.54 Å². The summed E-state index contributed by atoms with van der Waals surface area (Å²) in [5.74, 6) is -5.29. The van der Waals surface area contributed by atoms with Gasteiger partial charge in [0, 0.05) is 35.1 Å². The van der Waals surface area contributed by atoms with Crippen LogP contribution in [0.4, 0.5) is 26.3 Å². The van der Waals surface area contributed by atoms with Gasteiger partial charge in [-0.25, -0.2) is 4.79 Å². The molecule has 0 bridgehead atoms. The molecule has 0 radical (unpaired) electrons. The van der Waals surface area contributed by atoms with Gasteiger partial charge in [0.25, 0.3) is 5.91 Å². The third-order valence-electron chi connectivity index (χ3n) is 7.00. The SMILES string of the molecule is CSc1ccc(CNC2CC(N(C)C)CCC2NC(=O)CN(OC(=O)C(F)(F)F)C(=O)c2cccc(C(F)(F)F)c2)cc1. The fourth-order valence-electron chi connectivity index (χ4n) is 4.66. The first-order valence-electron chi connectivity index (χ1n) is 13.2. The molecule has 3 rings (SSSR count). The second-order valence-corrected chi connectivity index (χ2v) is 11.1. The largest absolute Gasteiger partial charge is 0.493 e. The fraction of sp³-hybridized carbons (Fsp3) is 0.464. The second-order valence-electron chi connectivity index (χ2n) is 10.2. The topological polar surface area (TPSA) is 91.0 Å². The van der Waals surface area contributed by atoms with Crippen LogP contribution in [-0.4, -0.2) is 78.9 Å². The van der Waals surface area contributed by atoms with Crippen LogP contribution >= 0.6 is 11.8 Å². The molecule has 2 aromatic rings. The summed E-state index contributed by atoms with van der Waals surface area (Å²) in [5.41, 5.74) is -0.984. The molecule has 0 saturated heterocycles. The van der Waals surface area contributed by atoms with Gasteiger partial charge in [0.15, 0.2) is 0 Å². The molecule has 2 amide bonds. The lowest BCUT2D eigenvalue weighted by Crippen LogP contribution is -2.57. The summed E-state index contributed by atoms with van der Waals surface area (Å²) in [6, 6.07) is 10.1. The Morgan fingerprint density at radius 1 is 0.977 bits per heavy atom. The van der Waals surface area contributed by atoms with Crippen molar-refractivity contribution in [1.29, 1.82) is 0 Å². The first-order chi connectivity index (χ1) is 20.1. The molecule has 1 fully saturated rings. The third-order valence-corrected chi connectivity index (χ3v) is 7.75. The van der Waals surface area contributed by atoms with Gasteiger partial charge in [-0.05, 0) is 75.5 Å². The van der Waals surface area contributed by atoms with Gasteiger partial charge in [-0.1, -0.05) is 18.2 Å². The monoisotopic (exact) mass is 634 g/mol. The number of hydrogen-bond donors (Lipinski definition) is 2. The number of alkyl halides is 6. The van der Waals surface area contributed by atoms with E-state index in [9.17, 15) is 40.7 Å². The molecular weight excluding hydrogens is 602 g/mol. The zero-order chi connectivity index (χ0) is 31.9. The van der Waals surface area contributed by atoms with E-state index in [1.54, 1.807) is 11.8 Å². The molecule has 1 aliphatic rings. The molecule has 0 aromatic heterocycles. The zero-order valence-corrected chi connectivity index (χ0v) is 24.4. The summed E-state index contributed by atoms with van der Waals surface area (Å²) in [5, 5.41) is 5.94. The average Bonchev–Trinajstić information content (AvgIpc) is 2.95. The molecule has 1 saturated carbocycles. The molecule has 2 aromatic carbocycles. The van der Waals surface area contributed by atoms with Crippen molar-refractivity contribution in [1.82, 2.24) is 20.6 Å². The minimum absolute atomic E-state index is 0.177. The van der Waals surface area contributed by atoms with Crippen LogP contribution < -0.4 is 10.6 Å². The first kappa shape index (κ1) is 34.2. The van der Waals surface area contributed by atoms with E-state index in [-0.39, 0.29) is 17.1 Å². The van der Waals surface area contributed by atoms with Crippen LogP contribution in [-0.2, 0) is 27.1 Å². The quantitative estimate of drug-likeness (QED) is 0.236. The average molecular weight is 635 g/mol. The van der Waals surface area contributed by atoms with Gasteiger partial charge < -0.3 is 20.4 Å². The van der Waals surface area contributed by atoms with Crippen LogP contribution in [0.3, 0.4) is 0 Å². The minimum Gasteiger partial charge on any atom is -0.350 e. The number of carbonyl (C=O) groups excluding carboxylic acids is 3. The maximum Gasteiger partial charge on any atom is 0.493 e. The van der Waals surface area contributed by atoms with E-state index >= 15 is 0 Å². The van der Waals surface area contributed by atoms with Crippen molar-refractivity contribution < 1.29 is 45.6 Å². The van der Waals surface area contributed by atoms with Crippen molar-refractivity contribution in [2.45, 2.75) is 61.2 Å². The maximum absolute atomic E-state index is 13.2. The van der Waals surface area contributed by atoms with Gasteiger partial charge >= 0.3 is 18.3 Å². The minimum atomic E-state index is -5.53. The highest BCUT2D eigenvalue weighted by Gasteiger charge is 2.44. The number of amides is 2. The molecule has 2 N–H and O–H groups in total. The molecule has 15 heteroatoms. The van der Waals surface area contributed by atoms with Crippen LogP contribution in [0.1, 0.15) is 40.7 Å². The Kier molecular flexibility index (Phi) is 11.5. The Morgan fingerprint density at radius 3 is 2.23 bits per heavy atom. The normalized spacial score (nSPS) is 19.2. The van der Waals surface area contributed by atoms with Crippen LogP contribution in [0.2, 0.25) is 0 Å². The van der Waals surface area contributed by atoms with E-state index in [1.165, 1.54) is 0 Å². The summed E-state index contributed by atoms with van der Waals surface area (Å²) in [7, 11) is 3.85. The molecule has 3 unspecified atom stereocenters. The Morgan fingerprint density at radius 2 is 1.65 bits per heavy atom. The smallest absolute Gasteiger partial charge is 0.350 e. The molecule has 3 atom stereocenters. The van der Waals surface area contributed by atoms with E-state index in [2.05, 4.69) is 15.5 Å². The van der Waals surface area contributed by atoms with E-state index in [0.717, 1.165) is 22.6 Å². The second kappa shape index (κ2) is 14.4. The summed E-state index contributed by atoms with van der Waals surface area (Å²) in [4.78, 5) is 44.8. The van der Waals surface area contributed by atoms with E-state index in [4.69, 9.17) is 0 Å². The summed E-state index contributed by atoms with van der Waals surface area (Å²) in [6.07, 6.45) is -6.63. The molecular formula is C28H32F6N4O4S. The van der Waals surface area contributed by atoms with Crippen LogP contribution in [0, 0.1) is 0 Å². The fourth-order valence-corrected chi connectivity index (χ4v) is 5.07. The van der Waals surface area contributed by atoms with Crippen molar-refractivity contribution in [3.63, 3.8) is 0 Å². The Bertz CT molecular complexity index is 1270. The number of nitrogens with one attached hydrogen (secondary N) is 2. The van der Waals surface area contributed by atoms with E-state index in [0.29, 0.717) is 37.9 Å². The molecule has 1 aliphatic carbocycles. The van der Waals surface area contributed by atoms with Crippen LogP contribution in [0.25, 0.3) is 0 Å². The number of rotatable bonds is 9. The lowest BCUT2D eigenvalue weighted by Gasteiger charge is -2.40. The Labute approximate surface area is 249 Å². The number of benzene rings is 2. The predicted molar refractivity (Wildman–Crippen MR) is 147 cm³/mol. The van der Waals surface area contributed by atoms with Gasteiger partial charge in [-0.3, -0.25) is 9.59 Å². The maximum atomic E-state index is 13.2. The lowest BCUT2D eigenvalue weighted by molar-refractivity contribution is -0.228. The highest BCUT2D eigenvalue weighted by Crippen LogP contribution is 2.30. The molecule has 43 heavy (non-hydrogen) atoms. The zero-order valence-electron chi connectivity index (χ0n) is 23.6. The number of thioether (sulfide) groups is 1. The molecule has 0 heterocycles. The van der Waals surface area contributed by atoms with Gasteiger partial charge in [0.05, 0.1) is 5.56 Å². The third kappa shape index (κ3) is 9.86. The standard InChI is InChI=1S/C28H32F6N4O4S/c1-37(2)20-9-12-22(23(14-20)35-15-17-7-10-21(43-3)11-8-17)36-24(39)16-38(42-26(41)28(32,33)34)25(40)18-5-4-6-19(13-18)27(29,30)31/h4-8,10-11,13,20,22-23,35H,9,12,14-16H2,1-3H3,(H,36,39). The number of hydroxylamine groups is 2. The first-order valence-corrected chi connectivity index (χ1v) is 14.4. The highest BCUT2D eigenvalue weighted by molar-refractivity contribution is 7.98. The Hall–Kier alpha value is -3.30. The number of hydrogen-bond acceptors (Lipinski definition) is 7. The molecule has 0 aliphatic heterocycles. The van der Waals surface area contributed by atoms with Gasteiger partial charge in [-0.15, -0.1) is 11.8 Å². The van der Waals surface area contributed by atoms with Crippen LogP contribution in [0.15, 0.2) is 53.4 Å². The van der Waals surface area contributed by atoms with Crippen molar-refractivity contribution in [2.75, 3.05) is 26.9 Å². The Balaban J connectivity index is 1.77. The predicted octanol–water partition coefficient (Wildman–Crippen LogP) is 4.65. The van der Waals surface area contributed by atoms with Gasteiger partial charge in [-0.2, -0.15) is 31.4 Å². The molecule has 236 valence electrons. The lowest BCUT2D eigenvalue weighted by atomic mass is 9.85. The van der Waals surface area contributed by atoms with E-state index in [1.807, 2.05) is 49.5 Å². The van der Waals surface area contributed by atoms with Crippen molar-refractivity contribution in [2.24, 2.45) is 0 Å². The summed E-state index contributed by atoms with van der Waals surface area (Å²) < 4.78 is 78.3. The van der Waals surface area contributed by atoms with Crippen molar-refractivity contribution >= 4 is 29.5 Å². The molecule has 0 spiro atoms. The van der Waals surface area contributed by atoms with Crippen molar-refractivity contribution in [3.8, 4) is 0 Å². The number of nitrogens with zero attached hydrogens (tertiary/aromatic N) is 2. The molecule has 8 nitrogen and oxygen atoms in total. The highest BCUT2D eigenvalue weighted by atomic mass is 32.2. The summed E-state index contributed by atoms with van der Waals surface area (Å²) >= 11 is 1.60. The van der Waals surface area contributed by atoms with Gasteiger partial charge in [0.2, 0.25) is 5.91 Å².